The quantitative estimate of drug-likeness (QED) is 0.769. The zero-order valence-electron chi connectivity index (χ0n) is 11.4. The largest absolute Gasteiger partial charge is 0.393 e. The van der Waals surface area contributed by atoms with Gasteiger partial charge in [-0.15, -0.1) is 0 Å². The fourth-order valence-electron chi connectivity index (χ4n) is 2.81. The third-order valence-corrected chi connectivity index (χ3v) is 4.49. The Kier molecular flexibility index (Phi) is 5.01. The smallest absolute Gasteiger partial charge is 0.234 e. The van der Waals surface area contributed by atoms with E-state index in [-0.39, 0.29) is 12.0 Å². The lowest BCUT2D eigenvalue weighted by Crippen LogP contribution is -2.44. The van der Waals surface area contributed by atoms with Gasteiger partial charge in [-0.1, -0.05) is 6.42 Å². The van der Waals surface area contributed by atoms with Crippen LogP contribution in [0.1, 0.15) is 39.0 Å². The van der Waals surface area contributed by atoms with Gasteiger partial charge in [0.1, 0.15) is 0 Å². The predicted octanol–water partition coefficient (Wildman–Crippen LogP) is 0.995. The van der Waals surface area contributed by atoms with E-state index in [4.69, 9.17) is 0 Å². The van der Waals surface area contributed by atoms with Gasteiger partial charge in [-0.25, -0.2) is 0 Å². The van der Waals surface area contributed by atoms with Crippen LogP contribution in [-0.4, -0.2) is 48.2 Å². The highest BCUT2D eigenvalue weighted by Crippen LogP contribution is 2.25. The summed E-state index contributed by atoms with van der Waals surface area (Å²) in [6.07, 6.45) is 5.69. The van der Waals surface area contributed by atoms with E-state index in [0.29, 0.717) is 12.5 Å². The lowest BCUT2D eigenvalue weighted by Gasteiger charge is -2.33. The van der Waals surface area contributed by atoms with Crippen molar-refractivity contribution in [2.24, 2.45) is 11.8 Å². The first kappa shape index (κ1) is 13.8. The molecule has 0 bridgehead atoms. The molecule has 1 unspecified atom stereocenters. The summed E-state index contributed by atoms with van der Waals surface area (Å²) >= 11 is 0. The molecule has 1 heterocycles. The van der Waals surface area contributed by atoms with E-state index in [1.54, 1.807) is 0 Å². The Bertz CT molecular complexity index is 269. The molecule has 2 fully saturated rings. The van der Waals surface area contributed by atoms with Crippen molar-refractivity contribution in [3.05, 3.63) is 0 Å². The van der Waals surface area contributed by atoms with Crippen LogP contribution >= 0.6 is 0 Å². The maximum Gasteiger partial charge on any atom is 0.234 e. The van der Waals surface area contributed by atoms with Gasteiger partial charge in [0.2, 0.25) is 5.91 Å². The number of hydrogen-bond acceptors (Lipinski definition) is 3. The molecule has 0 spiro atoms. The molecular weight excluding hydrogens is 228 g/mol. The molecule has 1 amide bonds. The van der Waals surface area contributed by atoms with Crippen molar-refractivity contribution in [2.45, 2.75) is 45.1 Å². The Hall–Kier alpha value is -0.610. The second-order valence-corrected chi connectivity index (χ2v) is 5.96. The summed E-state index contributed by atoms with van der Waals surface area (Å²) in [5.74, 6) is 1.31. The Labute approximate surface area is 110 Å². The maximum absolute atomic E-state index is 11.8. The number of amides is 1. The molecule has 1 atom stereocenters. The summed E-state index contributed by atoms with van der Waals surface area (Å²) < 4.78 is 0. The molecule has 4 heteroatoms. The molecule has 1 aliphatic carbocycles. The van der Waals surface area contributed by atoms with E-state index in [9.17, 15) is 9.90 Å². The molecule has 1 aliphatic heterocycles. The van der Waals surface area contributed by atoms with Crippen molar-refractivity contribution in [3.63, 3.8) is 0 Å². The first-order valence-corrected chi connectivity index (χ1v) is 7.32. The fourth-order valence-corrected chi connectivity index (χ4v) is 2.81. The van der Waals surface area contributed by atoms with E-state index in [1.807, 2.05) is 6.92 Å². The van der Waals surface area contributed by atoms with Gasteiger partial charge in [-0.05, 0) is 57.5 Å². The Balaban J connectivity index is 1.59. The maximum atomic E-state index is 11.8. The van der Waals surface area contributed by atoms with Crippen molar-refractivity contribution in [3.8, 4) is 0 Å². The van der Waals surface area contributed by atoms with E-state index >= 15 is 0 Å². The van der Waals surface area contributed by atoms with Crippen LogP contribution in [0.4, 0.5) is 0 Å². The normalized spacial score (nSPS) is 24.6. The average Bonchev–Trinajstić information content (AvgIpc) is 2.27. The van der Waals surface area contributed by atoms with Crippen LogP contribution in [-0.2, 0) is 4.79 Å². The molecular formula is C14H26N2O2. The molecule has 104 valence electrons. The molecule has 2 aliphatic rings. The number of nitrogens with one attached hydrogen (secondary N) is 1. The molecule has 0 aromatic rings. The molecule has 0 aromatic carbocycles. The highest BCUT2D eigenvalue weighted by atomic mass is 16.3. The lowest BCUT2D eigenvalue weighted by molar-refractivity contribution is -0.123. The second-order valence-electron chi connectivity index (χ2n) is 5.96. The summed E-state index contributed by atoms with van der Waals surface area (Å²) in [7, 11) is 0. The number of nitrogens with zero attached hydrogens (tertiary/aromatic N) is 1. The predicted molar refractivity (Wildman–Crippen MR) is 71.2 cm³/mol. The molecule has 0 radical (unpaired) electrons. The van der Waals surface area contributed by atoms with Gasteiger partial charge >= 0.3 is 0 Å². The molecule has 18 heavy (non-hydrogen) atoms. The highest BCUT2D eigenvalue weighted by molar-refractivity contribution is 5.78. The minimum absolute atomic E-state index is 0.164. The Morgan fingerprint density at radius 3 is 2.50 bits per heavy atom. The molecule has 1 saturated heterocycles. The van der Waals surface area contributed by atoms with Crippen LogP contribution in [0.2, 0.25) is 0 Å². The van der Waals surface area contributed by atoms with Crippen molar-refractivity contribution in [1.29, 1.82) is 0 Å². The summed E-state index contributed by atoms with van der Waals surface area (Å²) in [4.78, 5) is 14.0. The van der Waals surface area contributed by atoms with E-state index in [0.717, 1.165) is 38.4 Å². The summed E-state index contributed by atoms with van der Waals surface area (Å²) in [6.45, 7) is 5.13. The number of likely N-dealkylation sites (tertiary alicyclic amines) is 1. The van der Waals surface area contributed by atoms with E-state index in [2.05, 4.69) is 10.2 Å². The molecule has 0 aromatic heterocycles. The molecule has 2 N–H and O–H groups in total. The number of aliphatic hydroxyl groups is 1. The highest BCUT2D eigenvalue weighted by Gasteiger charge is 2.24. The standard InChI is InChI=1S/C14H26N2O2/c1-11(17)13-5-7-16(8-6-13)10-14(18)15-9-12-3-2-4-12/h11-13,17H,2-10H2,1H3,(H,15,18). The van der Waals surface area contributed by atoms with Crippen molar-refractivity contribution in [1.82, 2.24) is 10.2 Å². The third-order valence-electron chi connectivity index (χ3n) is 4.49. The fraction of sp³-hybridized carbons (Fsp3) is 0.929. The number of hydrogen-bond donors (Lipinski definition) is 2. The molecule has 4 nitrogen and oxygen atoms in total. The monoisotopic (exact) mass is 254 g/mol. The summed E-state index contributed by atoms with van der Waals surface area (Å²) in [6, 6.07) is 0. The minimum atomic E-state index is -0.209. The minimum Gasteiger partial charge on any atom is -0.393 e. The average molecular weight is 254 g/mol. The zero-order chi connectivity index (χ0) is 13.0. The van der Waals surface area contributed by atoms with Gasteiger partial charge in [0.05, 0.1) is 12.6 Å². The summed E-state index contributed by atoms with van der Waals surface area (Å²) in [5, 5.41) is 12.6. The van der Waals surface area contributed by atoms with Crippen LogP contribution in [0.3, 0.4) is 0 Å². The van der Waals surface area contributed by atoms with Crippen LogP contribution in [0, 0.1) is 11.8 Å². The van der Waals surface area contributed by atoms with Gasteiger partial charge in [0.25, 0.3) is 0 Å². The van der Waals surface area contributed by atoms with Gasteiger partial charge < -0.3 is 10.4 Å². The van der Waals surface area contributed by atoms with E-state index in [1.165, 1.54) is 19.3 Å². The number of carbonyl (C=O) groups is 1. The SMILES string of the molecule is CC(O)C1CCN(CC(=O)NCC2CCC2)CC1. The number of rotatable bonds is 5. The Morgan fingerprint density at radius 1 is 1.33 bits per heavy atom. The first-order chi connectivity index (χ1) is 8.65. The van der Waals surface area contributed by atoms with Crippen molar-refractivity contribution < 1.29 is 9.90 Å². The van der Waals surface area contributed by atoms with Crippen LogP contribution < -0.4 is 5.32 Å². The van der Waals surface area contributed by atoms with Crippen molar-refractivity contribution >= 4 is 5.91 Å². The topological polar surface area (TPSA) is 52.6 Å². The third kappa shape index (κ3) is 3.95. The van der Waals surface area contributed by atoms with Crippen molar-refractivity contribution in [2.75, 3.05) is 26.2 Å². The van der Waals surface area contributed by atoms with Crippen LogP contribution in [0.15, 0.2) is 0 Å². The molecule has 2 rings (SSSR count). The lowest BCUT2D eigenvalue weighted by atomic mass is 9.85. The first-order valence-electron chi connectivity index (χ1n) is 7.32. The van der Waals surface area contributed by atoms with Gasteiger partial charge in [-0.2, -0.15) is 0 Å². The van der Waals surface area contributed by atoms with Gasteiger partial charge in [0, 0.05) is 6.54 Å². The molecule has 1 saturated carbocycles. The number of carbonyl (C=O) groups excluding carboxylic acids is 1. The number of aliphatic hydroxyl groups excluding tert-OH is 1. The van der Waals surface area contributed by atoms with Gasteiger partial charge in [-0.3, -0.25) is 9.69 Å². The second kappa shape index (κ2) is 6.53. The van der Waals surface area contributed by atoms with Crippen LogP contribution in [0.25, 0.3) is 0 Å². The van der Waals surface area contributed by atoms with Gasteiger partial charge in [0.15, 0.2) is 0 Å². The van der Waals surface area contributed by atoms with Crippen LogP contribution in [0.5, 0.6) is 0 Å². The number of piperidine rings is 1. The Morgan fingerprint density at radius 2 is 2.00 bits per heavy atom. The zero-order valence-corrected chi connectivity index (χ0v) is 11.4. The van der Waals surface area contributed by atoms with E-state index < -0.39 is 0 Å². The summed E-state index contributed by atoms with van der Waals surface area (Å²) in [5.41, 5.74) is 0.